The fraction of sp³-hybridized carbons (Fsp3) is 0.586. The molecule has 200 valence electrons. The molecule has 1 fully saturated rings. The van der Waals surface area contributed by atoms with Crippen LogP contribution in [0.5, 0.6) is 0 Å². The number of aryl methyl sites for hydroxylation is 1. The van der Waals surface area contributed by atoms with Crippen molar-refractivity contribution in [3.05, 3.63) is 71.3 Å². The van der Waals surface area contributed by atoms with Gasteiger partial charge in [0.15, 0.2) is 0 Å². The average molecular weight is 514 g/mol. The molecule has 0 saturated heterocycles. The molecule has 1 aliphatic rings. The summed E-state index contributed by atoms with van der Waals surface area (Å²) in [6.45, 7) is 7.54. The van der Waals surface area contributed by atoms with Gasteiger partial charge in [-0.15, -0.1) is 0 Å². The quantitative estimate of drug-likeness (QED) is 0.288. The Morgan fingerprint density at radius 1 is 0.778 bits per heavy atom. The minimum Gasteiger partial charge on any atom is -0.298 e. The third kappa shape index (κ3) is 7.50. The van der Waals surface area contributed by atoms with Crippen LogP contribution >= 0.6 is 0 Å². The Morgan fingerprint density at radius 3 is 1.78 bits per heavy atom. The molecule has 1 aliphatic carbocycles. The first kappa shape index (κ1) is 28.5. The van der Waals surface area contributed by atoms with Gasteiger partial charge in [-0.25, -0.2) is 0 Å². The van der Waals surface area contributed by atoms with Gasteiger partial charge in [-0.3, -0.25) is 4.90 Å². The fourth-order valence-electron chi connectivity index (χ4n) is 5.69. The van der Waals surface area contributed by atoms with Crippen LogP contribution in [-0.4, -0.2) is 35.9 Å². The third-order valence-electron chi connectivity index (χ3n) is 7.73. The lowest BCUT2D eigenvalue weighted by atomic mass is 9.93. The average Bonchev–Trinajstić information content (AvgIpc) is 3.29. The first-order valence-corrected chi connectivity index (χ1v) is 12.9. The number of alkyl halides is 6. The smallest absolute Gasteiger partial charge is 0.298 e. The highest BCUT2D eigenvalue weighted by Gasteiger charge is 2.59. The zero-order chi connectivity index (χ0) is 26.5. The van der Waals surface area contributed by atoms with Gasteiger partial charge in [-0.2, -0.15) is 26.3 Å². The van der Waals surface area contributed by atoms with Gasteiger partial charge in [-0.1, -0.05) is 61.5 Å². The summed E-state index contributed by atoms with van der Waals surface area (Å²) >= 11 is 0. The normalized spacial score (nSPS) is 21.9. The van der Waals surface area contributed by atoms with Crippen LogP contribution in [0, 0.1) is 11.8 Å². The molecule has 2 aromatic carbocycles. The van der Waals surface area contributed by atoms with Crippen molar-refractivity contribution in [2.45, 2.75) is 89.7 Å². The summed E-state index contributed by atoms with van der Waals surface area (Å²) in [6.07, 6.45) is -6.95. The lowest BCUT2D eigenvalue weighted by Gasteiger charge is -2.35. The van der Waals surface area contributed by atoms with E-state index >= 15 is 0 Å². The molecular weight excluding hydrogens is 476 g/mol. The second-order valence-electron chi connectivity index (χ2n) is 10.4. The van der Waals surface area contributed by atoms with Gasteiger partial charge in [0.1, 0.15) is 0 Å². The maximum atomic E-state index is 13.3. The Morgan fingerprint density at radius 2 is 1.31 bits per heavy atom. The number of benzene rings is 2. The largest absolute Gasteiger partial charge is 0.392 e. The van der Waals surface area contributed by atoms with E-state index in [9.17, 15) is 26.3 Å². The molecule has 1 nitrogen and oxygen atoms in total. The van der Waals surface area contributed by atoms with Crippen LogP contribution in [0.2, 0.25) is 0 Å². The summed E-state index contributed by atoms with van der Waals surface area (Å²) in [7, 11) is 0. The predicted molar refractivity (Wildman–Crippen MR) is 132 cm³/mol. The summed E-state index contributed by atoms with van der Waals surface area (Å²) < 4.78 is 79.6. The van der Waals surface area contributed by atoms with E-state index in [0.29, 0.717) is 17.6 Å². The summed E-state index contributed by atoms with van der Waals surface area (Å²) in [5.74, 6) is -5.38. The molecule has 36 heavy (non-hydrogen) atoms. The Kier molecular flexibility index (Phi) is 9.53. The van der Waals surface area contributed by atoms with E-state index in [1.807, 2.05) is 30.3 Å². The maximum Gasteiger partial charge on any atom is 0.392 e. The molecule has 2 aromatic rings. The molecule has 3 atom stereocenters. The Hall–Kier alpha value is -2.02. The molecular formula is C29H37F6N. The SMILES string of the molecule is CCC(CCc1ccc(C2CC(C(F)(F)F)C(C(F)(F)F)C2)cc1)N(CCc1ccccc1)C(C)C. The number of halogens is 6. The fourth-order valence-corrected chi connectivity index (χ4v) is 5.69. The lowest BCUT2D eigenvalue weighted by Crippen LogP contribution is -2.41. The van der Waals surface area contributed by atoms with E-state index in [2.05, 4.69) is 37.8 Å². The monoisotopic (exact) mass is 513 g/mol. The first-order valence-electron chi connectivity index (χ1n) is 12.9. The number of hydrogen-bond donors (Lipinski definition) is 0. The second-order valence-corrected chi connectivity index (χ2v) is 10.4. The van der Waals surface area contributed by atoms with Gasteiger partial charge >= 0.3 is 12.4 Å². The third-order valence-corrected chi connectivity index (χ3v) is 7.73. The van der Waals surface area contributed by atoms with Crippen LogP contribution in [0.15, 0.2) is 54.6 Å². The minimum absolute atomic E-state index is 0.392. The van der Waals surface area contributed by atoms with E-state index in [1.165, 1.54) is 5.56 Å². The zero-order valence-corrected chi connectivity index (χ0v) is 21.2. The molecule has 7 heteroatoms. The zero-order valence-electron chi connectivity index (χ0n) is 21.2. The van der Waals surface area contributed by atoms with Crippen molar-refractivity contribution >= 4 is 0 Å². The van der Waals surface area contributed by atoms with Gasteiger partial charge in [0.25, 0.3) is 0 Å². The van der Waals surface area contributed by atoms with Crippen molar-refractivity contribution in [1.82, 2.24) is 4.90 Å². The molecule has 0 spiro atoms. The molecule has 0 bridgehead atoms. The molecule has 0 amide bonds. The standard InChI is InChI=1S/C29H37F6N/c1-4-25(36(20(2)3)17-16-21-8-6-5-7-9-21)15-12-22-10-13-23(14-11-22)24-18-26(28(30,31)32)27(19-24)29(33,34)35/h5-11,13-14,20,24-27H,4,12,15-19H2,1-3H3. The van der Waals surface area contributed by atoms with Crippen molar-refractivity contribution in [3.8, 4) is 0 Å². The molecule has 3 rings (SSSR count). The highest BCUT2D eigenvalue weighted by molar-refractivity contribution is 5.27. The first-order chi connectivity index (χ1) is 16.9. The van der Waals surface area contributed by atoms with Crippen LogP contribution in [0.25, 0.3) is 0 Å². The van der Waals surface area contributed by atoms with Crippen molar-refractivity contribution in [2.75, 3.05) is 6.54 Å². The number of rotatable bonds is 10. The second kappa shape index (κ2) is 12.0. The van der Waals surface area contributed by atoms with Gasteiger partial charge in [0.05, 0.1) is 11.8 Å². The minimum atomic E-state index is -4.84. The van der Waals surface area contributed by atoms with E-state index < -0.39 is 42.9 Å². The Labute approximate surface area is 210 Å². The molecule has 0 aliphatic heterocycles. The van der Waals surface area contributed by atoms with E-state index in [-0.39, 0.29) is 0 Å². The molecule has 3 unspecified atom stereocenters. The van der Waals surface area contributed by atoms with Crippen LogP contribution in [-0.2, 0) is 12.8 Å². The van der Waals surface area contributed by atoms with Crippen molar-refractivity contribution in [2.24, 2.45) is 11.8 Å². The van der Waals surface area contributed by atoms with Crippen molar-refractivity contribution < 1.29 is 26.3 Å². The lowest BCUT2D eigenvalue weighted by molar-refractivity contribution is -0.245. The maximum absolute atomic E-state index is 13.3. The summed E-state index contributed by atoms with van der Waals surface area (Å²) in [5.41, 5.74) is 2.93. The summed E-state index contributed by atoms with van der Waals surface area (Å²) in [6, 6.07) is 18.4. The van der Waals surface area contributed by atoms with E-state index in [1.54, 1.807) is 12.1 Å². The van der Waals surface area contributed by atoms with Gasteiger partial charge in [0, 0.05) is 18.6 Å². The van der Waals surface area contributed by atoms with Crippen molar-refractivity contribution in [3.63, 3.8) is 0 Å². The van der Waals surface area contributed by atoms with E-state index in [4.69, 9.17) is 0 Å². The molecule has 0 N–H and O–H groups in total. The molecule has 0 aromatic heterocycles. The summed E-state index contributed by atoms with van der Waals surface area (Å²) in [5, 5.41) is 0. The Bertz CT molecular complexity index is 898. The van der Waals surface area contributed by atoms with E-state index in [0.717, 1.165) is 37.8 Å². The van der Waals surface area contributed by atoms with Crippen LogP contribution in [0.4, 0.5) is 26.3 Å². The summed E-state index contributed by atoms with van der Waals surface area (Å²) in [4.78, 5) is 2.52. The van der Waals surface area contributed by atoms with Gasteiger partial charge in [0.2, 0.25) is 0 Å². The van der Waals surface area contributed by atoms with Gasteiger partial charge in [-0.05, 0) is 75.0 Å². The molecule has 0 radical (unpaired) electrons. The topological polar surface area (TPSA) is 3.24 Å². The highest BCUT2D eigenvalue weighted by atomic mass is 19.4. The highest BCUT2D eigenvalue weighted by Crippen LogP contribution is 2.54. The number of hydrogen-bond acceptors (Lipinski definition) is 1. The molecule has 0 heterocycles. The predicted octanol–water partition coefficient (Wildman–Crippen LogP) is 8.59. The van der Waals surface area contributed by atoms with Gasteiger partial charge < -0.3 is 0 Å². The Balaban J connectivity index is 1.61. The van der Waals surface area contributed by atoms with Crippen LogP contribution < -0.4 is 0 Å². The molecule has 1 saturated carbocycles. The van der Waals surface area contributed by atoms with Crippen LogP contribution in [0.3, 0.4) is 0 Å². The van der Waals surface area contributed by atoms with Crippen molar-refractivity contribution in [1.29, 1.82) is 0 Å². The van der Waals surface area contributed by atoms with Crippen LogP contribution in [0.1, 0.15) is 69.1 Å². The number of nitrogens with zero attached hydrogens (tertiary/aromatic N) is 1.